The summed E-state index contributed by atoms with van der Waals surface area (Å²) in [5.74, 6) is -0.799. The fraction of sp³-hybridized carbons (Fsp3) is 0.429. The zero-order chi connectivity index (χ0) is 15.6. The van der Waals surface area contributed by atoms with Crippen LogP contribution in [-0.4, -0.2) is 47.6 Å². The number of halogens is 1. The molecule has 3 N–H and O–H groups in total. The Bertz CT molecular complexity index is 578. The third-order valence-corrected chi connectivity index (χ3v) is 3.85. The lowest BCUT2D eigenvalue weighted by atomic mass is 9.91. The number of rotatable bonds is 3. The fourth-order valence-electron chi connectivity index (χ4n) is 2.42. The molecule has 1 fully saturated rings. The zero-order valence-electron chi connectivity index (χ0n) is 11.6. The average Bonchev–Trinajstić information content (AvgIpc) is 2.46. The molecule has 2 rings (SSSR count). The van der Waals surface area contributed by atoms with Gasteiger partial charge in [0.05, 0.1) is 19.2 Å². The Labute approximate surface area is 127 Å². The number of aliphatic hydroxyl groups is 1. The van der Waals surface area contributed by atoms with Gasteiger partial charge in [-0.05, 0) is 31.0 Å². The van der Waals surface area contributed by atoms with Crippen molar-refractivity contribution in [3.05, 3.63) is 28.8 Å². The number of hydrogen-bond acceptors (Lipinski definition) is 4. The van der Waals surface area contributed by atoms with Gasteiger partial charge in [-0.1, -0.05) is 11.6 Å². The average molecular weight is 313 g/mol. The molecule has 1 saturated heterocycles. The summed E-state index contributed by atoms with van der Waals surface area (Å²) in [4.78, 5) is 25.3. The van der Waals surface area contributed by atoms with E-state index in [1.165, 1.54) is 12.0 Å². The van der Waals surface area contributed by atoms with Gasteiger partial charge in [0.15, 0.2) is 5.60 Å². The van der Waals surface area contributed by atoms with Crippen molar-refractivity contribution in [3.63, 3.8) is 0 Å². The first-order valence-corrected chi connectivity index (χ1v) is 6.90. The van der Waals surface area contributed by atoms with Crippen molar-refractivity contribution in [2.24, 2.45) is 5.73 Å². The molecular weight excluding hydrogens is 296 g/mol. The standard InChI is InChI=1S/C14H17ClN2O4/c1-21-11-7-9(15)3-4-10(11)12(18)17-6-2-5-14(20,8-17)13(16)19/h3-4,7,20H,2,5-6,8H2,1H3,(H2,16,19). The Balaban J connectivity index is 2.26. The summed E-state index contributed by atoms with van der Waals surface area (Å²) >= 11 is 5.87. The minimum Gasteiger partial charge on any atom is -0.496 e. The first kappa shape index (κ1) is 15.6. The fourth-order valence-corrected chi connectivity index (χ4v) is 2.58. The number of hydrogen-bond donors (Lipinski definition) is 2. The predicted molar refractivity (Wildman–Crippen MR) is 77.3 cm³/mol. The third-order valence-electron chi connectivity index (χ3n) is 3.61. The van der Waals surface area contributed by atoms with E-state index in [0.717, 1.165) is 0 Å². The van der Waals surface area contributed by atoms with E-state index in [2.05, 4.69) is 0 Å². The second kappa shape index (κ2) is 5.91. The summed E-state index contributed by atoms with van der Waals surface area (Å²) in [5, 5.41) is 10.6. The van der Waals surface area contributed by atoms with Gasteiger partial charge in [0, 0.05) is 11.6 Å². The maximum atomic E-state index is 12.5. The number of nitrogens with zero attached hydrogens (tertiary/aromatic N) is 1. The van der Waals surface area contributed by atoms with Crippen molar-refractivity contribution >= 4 is 23.4 Å². The Morgan fingerprint density at radius 2 is 2.19 bits per heavy atom. The molecule has 1 aliphatic rings. The van der Waals surface area contributed by atoms with Crippen molar-refractivity contribution in [1.82, 2.24) is 4.90 Å². The largest absolute Gasteiger partial charge is 0.496 e. The number of methoxy groups -OCH3 is 1. The van der Waals surface area contributed by atoms with E-state index in [-0.39, 0.29) is 18.9 Å². The van der Waals surface area contributed by atoms with Gasteiger partial charge in [0.2, 0.25) is 0 Å². The third kappa shape index (κ3) is 3.11. The topological polar surface area (TPSA) is 92.9 Å². The van der Waals surface area contributed by atoms with Crippen molar-refractivity contribution < 1.29 is 19.4 Å². The van der Waals surface area contributed by atoms with Gasteiger partial charge in [-0.15, -0.1) is 0 Å². The molecule has 1 heterocycles. The van der Waals surface area contributed by atoms with Crippen LogP contribution in [0.2, 0.25) is 5.02 Å². The lowest BCUT2D eigenvalue weighted by molar-refractivity contribution is -0.140. The second-order valence-corrected chi connectivity index (χ2v) is 5.51. The van der Waals surface area contributed by atoms with Crippen molar-refractivity contribution in [1.29, 1.82) is 0 Å². The number of piperidine rings is 1. The van der Waals surface area contributed by atoms with Crippen molar-refractivity contribution in [2.45, 2.75) is 18.4 Å². The summed E-state index contributed by atoms with van der Waals surface area (Å²) < 4.78 is 5.15. The highest BCUT2D eigenvalue weighted by Crippen LogP contribution is 2.27. The summed E-state index contributed by atoms with van der Waals surface area (Å²) in [6, 6.07) is 4.68. The summed E-state index contributed by atoms with van der Waals surface area (Å²) in [6.07, 6.45) is 0.755. The van der Waals surface area contributed by atoms with E-state index in [1.54, 1.807) is 18.2 Å². The maximum absolute atomic E-state index is 12.5. The van der Waals surface area contributed by atoms with Gasteiger partial charge >= 0.3 is 0 Å². The van der Waals surface area contributed by atoms with Crippen LogP contribution in [0.3, 0.4) is 0 Å². The van der Waals surface area contributed by atoms with Gasteiger partial charge in [-0.25, -0.2) is 0 Å². The number of amides is 2. The number of nitrogens with two attached hydrogens (primary N) is 1. The minimum absolute atomic E-state index is 0.118. The molecule has 114 valence electrons. The van der Waals surface area contributed by atoms with Crippen LogP contribution >= 0.6 is 11.6 Å². The molecule has 1 aliphatic heterocycles. The first-order chi connectivity index (χ1) is 9.87. The van der Waals surface area contributed by atoms with E-state index >= 15 is 0 Å². The SMILES string of the molecule is COc1cc(Cl)ccc1C(=O)N1CCCC(O)(C(N)=O)C1. The Morgan fingerprint density at radius 3 is 2.81 bits per heavy atom. The molecule has 6 nitrogen and oxygen atoms in total. The predicted octanol–water partition coefficient (Wildman–Crippen LogP) is 0.801. The molecule has 0 aromatic heterocycles. The van der Waals surface area contributed by atoms with Gasteiger partial charge in [-0.3, -0.25) is 9.59 Å². The summed E-state index contributed by atoms with van der Waals surface area (Å²) in [6.45, 7) is 0.327. The summed E-state index contributed by atoms with van der Waals surface area (Å²) in [7, 11) is 1.44. The first-order valence-electron chi connectivity index (χ1n) is 6.52. The lowest BCUT2D eigenvalue weighted by Crippen LogP contribution is -2.57. The molecule has 21 heavy (non-hydrogen) atoms. The van der Waals surface area contributed by atoms with E-state index in [1.807, 2.05) is 0 Å². The smallest absolute Gasteiger partial charge is 0.257 e. The van der Waals surface area contributed by atoms with Crippen LogP contribution in [0.25, 0.3) is 0 Å². The molecular formula is C14H17ClN2O4. The van der Waals surface area contributed by atoms with Crippen LogP contribution in [0.4, 0.5) is 0 Å². The monoisotopic (exact) mass is 312 g/mol. The number of β-amino-alcohol motifs (C(OH)–C–C–N with tert-alkyl or cyclic N) is 1. The Morgan fingerprint density at radius 1 is 1.48 bits per heavy atom. The van der Waals surface area contributed by atoms with Crippen LogP contribution in [-0.2, 0) is 4.79 Å². The van der Waals surface area contributed by atoms with Crippen LogP contribution in [0.15, 0.2) is 18.2 Å². The number of ether oxygens (including phenoxy) is 1. The van der Waals surface area contributed by atoms with Gasteiger partial charge in [-0.2, -0.15) is 0 Å². The number of likely N-dealkylation sites (tertiary alicyclic amines) is 1. The molecule has 0 bridgehead atoms. The van der Waals surface area contributed by atoms with Crippen LogP contribution in [0.1, 0.15) is 23.2 Å². The van der Waals surface area contributed by atoms with Gasteiger partial charge in [0.1, 0.15) is 5.75 Å². The molecule has 1 aromatic rings. The molecule has 7 heteroatoms. The van der Waals surface area contributed by atoms with Crippen LogP contribution < -0.4 is 10.5 Å². The quantitative estimate of drug-likeness (QED) is 0.863. The normalized spacial score (nSPS) is 22.0. The van der Waals surface area contributed by atoms with E-state index in [9.17, 15) is 14.7 Å². The van der Waals surface area contributed by atoms with E-state index < -0.39 is 11.5 Å². The molecule has 0 radical (unpaired) electrons. The van der Waals surface area contributed by atoms with Crippen molar-refractivity contribution in [3.8, 4) is 5.75 Å². The zero-order valence-corrected chi connectivity index (χ0v) is 12.4. The van der Waals surface area contributed by atoms with Crippen molar-refractivity contribution in [2.75, 3.05) is 20.2 Å². The van der Waals surface area contributed by atoms with Gasteiger partial charge < -0.3 is 20.5 Å². The highest BCUT2D eigenvalue weighted by molar-refractivity contribution is 6.30. The summed E-state index contributed by atoms with van der Waals surface area (Å²) in [5.41, 5.74) is 3.87. The highest BCUT2D eigenvalue weighted by Gasteiger charge is 2.40. The molecule has 1 atom stereocenters. The maximum Gasteiger partial charge on any atom is 0.257 e. The van der Waals surface area contributed by atoms with Gasteiger partial charge in [0.25, 0.3) is 11.8 Å². The minimum atomic E-state index is -1.67. The lowest BCUT2D eigenvalue weighted by Gasteiger charge is -2.37. The number of primary amides is 1. The number of carbonyl (C=O) groups is 2. The molecule has 0 spiro atoms. The van der Waals surface area contributed by atoms with Crippen LogP contribution in [0.5, 0.6) is 5.75 Å². The highest BCUT2D eigenvalue weighted by atomic mass is 35.5. The van der Waals surface area contributed by atoms with E-state index in [4.69, 9.17) is 22.1 Å². The molecule has 0 saturated carbocycles. The molecule has 1 aromatic carbocycles. The Hall–Kier alpha value is -1.79. The molecule has 0 aliphatic carbocycles. The number of carbonyl (C=O) groups excluding carboxylic acids is 2. The van der Waals surface area contributed by atoms with Crippen LogP contribution in [0, 0.1) is 0 Å². The van der Waals surface area contributed by atoms with E-state index in [0.29, 0.717) is 29.3 Å². The number of benzene rings is 1. The Kier molecular flexibility index (Phi) is 4.39. The molecule has 1 unspecified atom stereocenters. The second-order valence-electron chi connectivity index (χ2n) is 5.07. The molecule has 2 amide bonds.